The van der Waals surface area contributed by atoms with Gasteiger partial charge in [-0.05, 0) is 6.07 Å². The topological polar surface area (TPSA) is 82.3 Å². The highest BCUT2D eigenvalue weighted by Gasteiger charge is 2.43. The van der Waals surface area contributed by atoms with Crippen molar-refractivity contribution in [2.45, 2.75) is 12.3 Å². The van der Waals surface area contributed by atoms with E-state index in [1.807, 2.05) is 0 Å². The quantitative estimate of drug-likeness (QED) is 0.799. The van der Waals surface area contributed by atoms with Crippen LogP contribution in [0.3, 0.4) is 0 Å². The van der Waals surface area contributed by atoms with Gasteiger partial charge in [0, 0.05) is 18.0 Å². The summed E-state index contributed by atoms with van der Waals surface area (Å²) in [4.78, 5) is 25.1. The van der Waals surface area contributed by atoms with Crippen molar-refractivity contribution in [1.82, 2.24) is 4.98 Å². The first-order chi connectivity index (χ1) is 7.82. The fraction of sp³-hybridized carbons (Fsp3) is 0.222. The standard InChI is InChI=1S/C9H7F3N2O3/c10-9(11,12)8(16)17-6(7(13)15)5-2-1-3-14-4-5/h1-4,6H,(H2,13,15). The minimum absolute atomic E-state index is 0.0300. The molecular formula is C9H7F3N2O3. The van der Waals surface area contributed by atoms with Gasteiger partial charge in [-0.3, -0.25) is 9.78 Å². The molecule has 1 aromatic rings. The summed E-state index contributed by atoms with van der Waals surface area (Å²) in [6.45, 7) is 0. The molecular weight excluding hydrogens is 241 g/mol. The van der Waals surface area contributed by atoms with Crippen molar-refractivity contribution in [1.29, 1.82) is 0 Å². The number of esters is 1. The molecule has 0 aliphatic carbocycles. The molecule has 92 valence electrons. The predicted octanol–water partition coefficient (Wildman–Crippen LogP) is 0.713. The number of hydrogen-bond acceptors (Lipinski definition) is 4. The van der Waals surface area contributed by atoms with Crippen LogP contribution in [0.25, 0.3) is 0 Å². The molecule has 5 nitrogen and oxygen atoms in total. The predicted molar refractivity (Wildman–Crippen MR) is 48.3 cm³/mol. The van der Waals surface area contributed by atoms with E-state index >= 15 is 0 Å². The van der Waals surface area contributed by atoms with Crippen LogP contribution in [0.2, 0.25) is 0 Å². The molecule has 1 heterocycles. The van der Waals surface area contributed by atoms with Crippen molar-refractivity contribution >= 4 is 11.9 Å². The second kappa shape index (κ2) is 4.81. The van der Waals surface area contributed by atoms with Crippen LogP contribution in [0.1, 0.15) is 11.7 Å². The molecule has 1 rings (SSSR count). The van der Waals surface area contributed by atoms with E-state index in [0.717, 1.165) is 6.20 Å². The van der Waals surface area contributed by atoms with Crippen LogP contribution in [0.15, 0.2) is 24.5 Å². The smallest absolute Gasteiger partial charge is 0.441 e. The summed E-state index contributed by atoms with van der Waals surface area (Å²) in [7, 11) is 0. The Morgan fingerprint density at radius 2 is 2.06 bits per heavy atom. The first-order valence-electron chi connectivity index (χ1n) is 4.29. The number of carbonyl (C=O) groups is 2. The number of alkyl halides is 3. The van der Waals surface area contributed by atoms with Gasteiger partial charge in [-0.1, -0.05) is 6.07 Å². The second-order valence-corrected chi connectivity index (χ2v) is 2.97. The van der Waals surface area contributed by atoms with Crippen molar-refractivity contribution in [3.8, 4) is 0 Å². The molecule has 1 aromatic heterocycles. The first kappa shape index (κ1) is 12.9. The lowest BCUT2D eigenvalue weighted by Crippen LogP contribution is -2.32. The van der Waals surface area contributed by atoms with Crippen molar-refractivity contribution in [2.75, 3.05) is 0 Å². The normalized spacial score (nSPS) is 12.9. The molecule has 0 spiro atoms. The Morgan fingerprint density at radius 1 is 1.41 bits per heavy atom. The maximum absolute atomic E-state index is 11.9. The number of primary amides is 1. The third kappa shape index (κ3) is 3.44. The molecule has 0 radical (unpaired) electrons. The molecule has 2 N–H and O–H groups in total. The molecule has 0 fully saturated rings. The van der Waals surface area contributed by atoms with E-state index in [-0.39, 0.29) is 5.56 Å². The number of hydrogen-bond donors (Lipinski definition) is 1. The molecule has 1 unspecified atom stereocenters. The molecule has 0 saturated carbocycles. The van der Waals surface area contributed by atoms with Crippen molar-refractivity contribution in [3.63, 3.8) is 0 Å². The summed E-state index contributed by atoms with van der Waals surface area (Å²) in [6.07, 6.45) is -4.57. The SMILES string of the molecule is NC(=O)C(OC(=O)C(F)(F)F)c1cccnc1. The highest BCUT2D eigenvalue weighted by molar-refractivity contribution is 5.85. The molecule has 8 heteroatoms. The van der Waals surface area contributed by atoms with Gasteiger partial charge < -0.3 is 10.5 Å². The van der Waals surface area contributed by atoms with Crippen LogP contribution in [0.5, 0.6) is 0 Å². The lowest BCUT2D eigenvalue weighted by atomic mass is 10.1. The number of pyridine rings is 1. The number of rotatable bonds is 3. The van der Waals surface area contributed by atoms with E-state index in [9.17, 15) is 22.8 Å². The van der Waals surface area contributed by atoms with Gasteiger partial charge in [0.2, 0.25) is 6.10 Å². The Balaban J connectivity index is 2.90. The lowest BCUT2D eigenvalue weighted by Gasteiger charge is -2.15. The fourth-order valence-electron chi connectivity index (χ4n) is 0.995. The van der Waals surface area contributed by atoms with Crippen LogP contribution in [-0.2, 0) is 14.3 Å². The minimum atomic E-state index is -5.18. The number of carbonyl (C=O) groups excluding carboxylic acids is 2. The van der Waals surface area contributed by atoms with Crippen molar-refractivity contribution in [2.24, 2.45) is 5.73 Å². The largest absolute Gasteiger partial charge is 0.490 e. The van der Waals surface area contributed by atoms with Crippen LogP contribution in [-0.4, -0.2) is 23.0 Å². The number of aromatic nitrogens is 1. The third-order valence-electron chi connectivity index (χ3n) is 1.70. The molecule has 17 heavy (non-hydrogen) atoms. The summed E-state index contributed by atoms with van der Waals surface area (Å²) >= 11 is 0. The lowest BCUT2D eigenvalue weighted by molar-refractivity contribution is -0.205. The fourth-order valence-corrected chi connectivity index (χ4v) is 0.995. The molecule has 1 atom stereocenters. The number of nitrogens with two attached hydrogens (primary N) is 1. The Labute approximate surface area is 93.4 Å². The summed E-state index contributed by atoms with van der Waals surface area (Å²) in [5.41, 5.74) is 4.82. The zero-order valence-electron chi connectivity index (χ0n) is 8.27. The van der Waals surface area contributed by atoms with Gasteiger partial charge in [0.05, 0.1) is 0 Å². The first-order valence-corrected chi connectivity index (χ1v) is 4.29. The van der Waals surface area contributed by atoms with Gasteiger partial charge in [-0.2, -0.15) is 13.2 Å². The van der Waals surface area contributed by atoms with E-state index in [4.69, 9.17) is 5.73 Å². The van der Waals surface area contributed by atoms with Gasteiger partial charge >= 0.3 is 12.1 Å². The highest BCUT2D eigenvalue weighted by atomic mass is 19.4. The molecule has 0 aromatic carbocycles. The van der Waals surface area contributed by atoms with Gasteiger partial charge in [-0.15, -0.1) is 0 Å². The van der Waals surface area contributed by atoms with E-state index < -0.39 is 24.2 Å². The maximum Gasteiger partial charge on any atom is 0.490 e. The number of ether oxygens (including phenoxy) is 1. The number of nitrogens with zero attached hydrogens (tertiary/aromatic N) is 1. The van der Waals surface area contributed by atoms with Gasteiger partial charge in [0.15, 0.2) is 0 Å². The van der Waals surface area contributed by atoms with Gasteiger partial charge in [0.25, 0.3) is 5.91 Å². The summed E-state index contributed by atoms with van der Waals surface area (Å²) < 4.78 is 39.8. The Kier molecular flexibility index (Phi) is 3.66. The van der Waals surface area contributed by atoms with Gasteiger partial charge in [-0.25, -0.2) is 4.79 Å². The van der Waals surface area contributed by atoms with E-state index in [1.54, 1.807) is 0 Å². The molecule has 0 saturated heterocycles. The summed E-state index contributed by atoms with van der Waals surface area (Å²) in [5, 5.41) is 0. The number of amides is 1. The second-order valence-electron chi connectivity index (χ2n) is 2.97. The zero-order valence-corrected chi connectivity index (χ0v) is 8.27. The minimum Gasteiger partial charge on any atom is -0.441 e. The molecule has 0 aliphatic rings. The van der Waals surface area contributed by atoms with Crippen LogP contribution in [0, 0.1) is 0 Å². The Morgan fingerprint density at radius 3 is 2.47 bits per heavy atom. The van der Waals surface area contributed by atoms with Crippen LogP contribution >= 0.6 is 0 Å². The molecule has 0 aliphatic heterocycles. The zero-order chi connectivity index (χ0) is 13.1. The Hall–Kier alpha value is -2.12. The van der Waals surface area contributed by atoms with E-state index in [1.165, 1.54) is 18.3 Å². The highest BCUT2D eigenvalue weighted by Crippen LogP contribution is 2.23. The average molecular weight is 248 g/mol. The summed E-state index contributed by atoms with van der Waals surface area (Å²) in [5.74, 6) is -3.69. The van der Waals surface area contributed by atoms with E-state index in [2.05, 4.69) is 9.72 Å². The van der Waals surface area contributed by atoms with Crippen molar-refractivity contribution in [3.05, 3.63) is 30.1 Å². The molecule has 1 amide bonds. The maximum atomic E-state index is 11.9. The molecule has 0 bridgehead atoms. The average Bonchev–Trinajstić information content (AvgIpc) is 2.25. The van der Waals surface area contributed by atoms with Crippen LogP contribution in [0.4, 0.5) is 13.2 Å². The van der Waals surface area contributed by atoms with Crippen molar-refractivity contribution < 1.29 is 27.5 Å². The summed E-state index contributed by atoms with van der Waals surface area (Å²) in [6, 6.07) is 2.64. The Bertz CT molecular complexity index is 419. The monoisotopic (exact) mass is 248 g/mol. The van der Waals surface area contributed by atoms with E-state index in [0.29, 0.717) is 0 Å². The third-order valence-corrected chi connectivity index (χ3v) is 1.70. The van der Waals surface area contributed by atoms with Gasteiger partial charge in [0.1, 0.15) is 0 Å². The van der Waals surface area contributed by atoms with Crippen LogP contribution < -0.4 is 5.73 Å². The number of halogens is 3.